The van der Waals surface area contributed by atoms with Crippen molar-refractivity contribution in [3.8, 4) is 0 Å². The number of thioether (sulfide) groups is 1. The Balaban J connectivity index is 2.69. The van der Waals surface area contributed by atoms with E-state index in [0.29, 0.717) is 6.04 Å². The molecule has 0 amide bonds. The molecule has 0 aliphatic carbocycles. The van der Waals surface area contributed by atoms with Crippen LogP contribution in [-0.4, -0.2) is 22.4 Å². The smallest absolute Gasteiger partial charge is 0.317 e. The second-order valence-corrected chi connectivity index (χ2v) is 7.80. The van der Waals surface area contributed by atoms with E-state index in [1.807, 2.05) is 19.1 Å². The Labute approximate surface area is 151 Å². The monoisotopic (exact) mass is 351 g/mol. The summed E-state index contributed by atoms with van der Waals surface area (Å²) in [5.74, 6) is -0.539. The number of carbonyl (C=O) groups is 1. The van der Waals surface area contributed by atoms with Crippen molar-refractivity contribution < 1.29 is 9.90 Å². The van der Waals surface area contributed by atoms with E-state index >= 15 is 0 Å². The third kappa shape index (κ3) is 7.16. The first-order chi connectivity index (χ1) is 11.5. The molecule has 0 saturated heterocycles. The van der Waals surface area contributed by atoms with E-state index in [9.17, 15) is 9.90 Å². The molecule has 1 aromatic carbocycles. The maximum Gasteiger partial charge on any atom is 0.317 e. The number of hydrogen-bond donors (Lipinski definition) is 2. The second-order valence-electron chi connectivity index (χ2n) is 6.59. The predicted octanol–water partition coefficient (Wildman–Crippen LogP) is 6.05. The molecule has 1 rings (SSSR count). The minimum atomic E-state index is -0.714. The van der Waals surface area contributed by atoms with Crippen molar-refractivity contribution in [1.29, 1.82) is 0 Å². The Morgan fingerprint density at radius 2 is 1.58 bits per heavy atom. The number of hydrogen-bond acceptors (Lipinski definition) is 3. The summed E-state index contributed by atoms with van der Waals surface area (Å²) in [5, 5.41) is 12.7. The van der Waals surface area contributed by atoms with Gasteiger partial charge in [-0.05, 0) is 49.4 Å². The van der Waals surface area contributed by atoms with Crippen molar-refractivity contribution in [2.24, 2.45) is 5.92 Å². The van der Waals surface area contributed by atoms with E-state index in [1.54, 1.807) is 0 Å². The van der Waals surface area contributed by atoms with Crippen molar-refractivity contribution >= 4 is 23.4 Å². The molecule has 136 valence electrons. The molecule has 0 aromatic heterocycles. The van der Waals surface area contributed by atoms with Crippen LogP contribution >= 0.6 is 11.8 Å². The van der Waals surface area contributed by atoms with E-state index in [0.717, 1.165) is 23.4 Å². The SMILES string of the molecule is CCCC(CCC)Nc1ccc(SC(C(=O)O)C(C)CCC)cc1. The van der Waals surface area contributed by atoms with E-state index in [-0.39, 0.29) is 11.2 Å². The Hall–Kier alpha value is -1.16. The highest BCUT2D eigenvalue weighted by atomic mass is 32.2. The topological polar surface area (TPSA) is 49.3 Å². The van der Waals surface area contributed by atoms with Crippen molar-refractivity contribution in [3.63, 3.8) is 0 Å². The fourth-order valence-electron chi connectivity index (χ4n) is 3.01. The molecular weight excluding hydrogens is 318 g/mol. The molecule has 0 aliphatic heterocycles. The lowest BCUT2D eigenvalue weighted by atomic mass is 10.0. The lowest BCUT2D eigenvalue weighted by Gasteiger charge is -2.20. The van der Waals surface area contributed by atoms with Crippen LogP contribution in [0.2, 0.25) is 0 Å². The number of nitrogens with one attached hydrogen (secondary N) is 1. The molecule has 0 aliphatic rings. The van der Waals surface area contributed by atoms with Gasteiger partial charge >= 0.3 is 5.97 Å². The van der Waals surface area contributed by atoms with Crippen LogP contribution in [0.15, 0.2) is 29.2 Å². The van der Waals surface area contributed by atoms with Gasteiger partial charge in [0.05, 0.1) is 0 Å². The average molecular weight is 352 g/mol. The summed E-state index contributed by atoms with van der Waals surface area (Å²) in [6.45, 7) is 8.57. The van der Waals surface area contributed by atoms with Crippen LogP contribution in [0.1, 0.15) is 66.2 Å². The lowest BCUT2D eigenvalue weighted by molar-refractivity contribution is -0.137. The fourth-order valence-corrected chi connectivity index (χ4v) is 4.07. The van der Waals surface area contributed by atoms with Gasteiger partial charge in [-0.25, -0.2) is 0 Å². The van der Waals surface area contributed by atoms with Crippen LogP contribution in [0.4, 0.5) is 5.69 Å². The highest BCUT2D eigenvalue weighted by Crippen LogP contribution is 2.31. The van der Waals surface area contributed by atoms with Crippen molar-refractivity contribution in [2.75, 3.05) is 5.32 Å². The largest absolute Gasteiger partial charge is 0.480 e. The molecule has 2 unspecified atom stereocenters. The van der Waals surface area contributed by atoms with Crippen LogP contribution in [0.5, 0.6) is 0 Å². The number of carboxylic acid groups (broad SMARTS) is 1. The highest BCUT2D eigenvalue weighted by molar-refractivity contribution is 8.00. The summed E-state index contributed by atoms with van der Waals surface area (Å²) in [6, 6.07) is 8.75. The molecule has 24 heavy (non-hydrogen) atoms. The minimum absolute atomic E-state index is 0.175. The number of carboxylic acids is 1. The first-order valence-electron chi connectivity index (χ1n) is 9.27. The fraction of sp³-hybridized carbons (Fsp3) is 0.650. The van der Waals surface area contributed by atoms with E-state index in [4.69, 9.17) is 0 Å². The number of aliphatic carboxylic acids is 1. The zero-order valence-corrected chi connectivity index (χ0v) is 16.4. The van der Waals surface area contributed by atoms with E-state index in [1.165, 1.54) is 37.4 Å². The molecule has 0 bridgehead atoms. The van der Waals surface area contributed by atoms with Gasteiger partial charge in [0, 0.05) is 16.6 Å². The maximum atomic E-state index is 11.5. The lowest BCUT2D eigenvalue weighted by Crippen LogP contribution is -2.24. The molecule has 4 heteroatoms. The summed E-state index contributed by atoms with van der Waals surface area (Å²) >= 11 is 1.47. The first-order valence-corrected chi connectivity index (χ1v) is 10.2. The summed E-state index contributed by atoms with van der Waals surface area (Å²) in [5.41, 5.74) is 1.12. The molecule has 0 spiro atoms. The average Bonchev–Trinajstić information content (AvgIpc) is 2.54. The highest BCUT2D eigenvalue weighted by Gasteiger charge is 2.25. The zero-order valence-electron chi connectivity index (χ0n) is 15.5. The molecule has 0 fully saturated rings. The van der Waals surface area contributed by atoms with Gasteiger partial charge in [-0.2, -0.15) is 0 Å². The van der Waals surface area contributed by atoms with E-state index in [2.05, 4.69) is 38.2 Å². The van der Waals surface area contributed by atoms with Crippen molar-refractivity contribution in [1.82, 2.24) is 0 Å². The zero-order chi connectivity index (χ0) is 17.9. The normalized spacial score (nSPS) is 13.7. The summed E-state index contributed by atoms with van der Waals surface area (Å²) < 4.78 is 0. The standard InChI is InChI=1S/C20H33NO2S/c1-5-8-15(4)19(20(22)23)24-18-13-11-17(12-14-18)21-16(9-6-2)10-7-3/h11-16,19,21H,5-10H2,1-4H3,(H,22,23). The molecule has 2 atom stereocenters. The summed E-state index contributed by atoms with van der Waals surface area (Å²) in [4.78, 5) is 12.6. The van der Waals surface area contributed by atoms with Crippen LogP contribution in [0.3, 0.4) is 0 Å². The number of rotatable bonds is 12. The first kappa shape index (κ1) is 20.9. The van der Waals surface area contributed by atoms with Gasteiger partial charge in [0.1, 0.15) is 5.25 Å². The van der Waals surface area contributed by atoms with Crippen LogP contribution in [-0.2, 0) is 4.79 Å². The maximum absolute atomic E-state index is 11.5. The van der Waals surface area contributed by atoms with Gasteiger partial charge in [-0.15, -0.1) is 11.8 Å². The number of benzene rings is 1. The molecule has 3 nitrogen and oxygen atoms in total. The molecule has 0 saturated carbocycles. The Kier molecular flexibility index (Phi) is 9.92. The molecule has 0 heterocycles. The summed E-state index contributed by atoms with van der Waals surface area (Å²) in [6.07, 6.45) is 6.69. The van der Waals surface area contributed by atoms with Crippen LogP contribution in [0, 0.1) is 5.92 Å². The van der Waals surface area contributed by atoms with E-state index < -0.39 is 5.97 Å². The van der Waals surface area contributed by atoms with Crippen molar-refractivity contribution in [3.05, 3.63) is 24.3 Å². The molecule has 1 aromatic rings. The quantitative estimate of drug-likeness (QED) is 0.450. The van der Waals surface area contributed by atoms with Crippen molar-refractivity contribution in [2.45, 2.75) is 82.4 Å². The van der Waals surface area contributed by atoms with Gasteiger partial charge in [0.2, 0.25) is 0 Å². The molecule has 2 N–H and O–H groups in total. The molecule has 0 radical (unpaired) electrons. The Morgan fingerprint density at radius 3 is 2.04 bits per heavy atom. The third-order valence-corrected chi connectivity index (χ3v) is 5.73. The van der Waals surface area contributed by atoms with Crippen LogP contribution in [0.25, 0.3) is 0 Å². The minimum Gasteiger partial charge on any atom is -0.480 e. The number of anilines is 1. The van der Waals surface area contributed by atoms with Crippen LogP contribution < -0.4 is 5.32 Å². The second kappa shape index (κ2) is 11.4. The van der Waals surface area contributed by atoms with Gasteiger partial charge in [0.15, 0.2) is 0 Å². The van der Waals surface area contributed by atoms with Gasteiger partial charge in [-0.3, -0.25) is 4.79 Å². The van der Waals surface area contributed by atoms with Gasteiger partial charge < -0.3 is 10.4 Å². The Morgan fingerprint density at radius 1 is 1.04 bits per heavy atom. The van der Waals surface area contributed by atoms with Gasteiger partial charge in [-0.1, -0.05) is 47.0 Å². The van der Waals surface area contributed by atoms with Gasteiger partial charge in [0.25, 0.3) is 0 Å². The molecular formula is C20H33NO2S. The predicted molar refractivity (Wildman–Crippen MR) is 105 cm³/mol. The third-order valence-electron chi connectivity index (χ3n) is 4.27. The summed E-state index contributed by atoms with van der Waals surface area (Å²) in [7, 11) is 0. The Bertz CT molecular complexity index is 469.